The molecule has 2 atom stereocenters. The average Bonchev–Trinajstić information content (AvgIpc) is 3.23. The molecule has 0 bridgehead atoms. The van der Waals surface area contributed by atoms with Gasteiger partial charge in [0.1, 0.15) is 0 Å². The van der Waals surface area contributed by atoms with Gasteiger partial charge in [-0.1, -0.05) is 6.92 Å². The molecule has 3 aliphatic heterocycles. The number of halogens is 1. The number of rotatable bonds is 3. The smallest absolute Gasteiger partial charge is 0.193 e. The van der Waals surface area contributed by atoms with Gasteiger partial charge in [0.05, 0.1) is 6.61 Å². The fourth-order valence-corrected chi connectivity index (χ4v) is 4.17. The Kier molecular flexibility index (Phi) is 6.76. The summed E-state index contributed by atoms with van der Waals surface area (Å²) < 4.78 is 5.62. The maximum atomic E-state index is 5.62. The summed E-state index contributed by atoms with van der Waals surface area (Å²) in [5.41, 5.74) is 0.403. The summed E-state index contributed by atoms with van der Waals surface area (Å²) in [4.78, 5) is 9.52. The third-order valence-electron chi connectivity index (χ3n) is 5.54. The SMILES string of the molecule is CCN1CCCC1CNC(=NC)N1CCC2(CCOC2)C1.I. The Morgan fingerprint density at radius 1 is 1.36 bits per heavy atom. The molecule has 22 heavy (non-hydrogen) atoms. The van der Waals surface area contributed by atoms with Crippen molar-refractivity contribution >= 4 is 29.9 Å². The molecule has 128 valence electrons. The van der Waals surface area contributed by atoms with Crippen molar-refractivity contribution < 1.29 is 4.74 Å². The van der Waals surface area contributed by atoms with Crippen molar-refractivity contribution in [3.63, 3.8) is 0 Å². The van der Waals surface area contributed by atoms with E-state index in [2.05, 4.69) is 27.0 Å². The van der Waals surface area contributed by atoms with E-state index in [1.165, 1.54) is 32.2 Å². The molecule has 3 heterocycles. The van der Waals surface area contributed by atoms with E-state index in [0.717, 1.165) is 45.4 Å². The number of hydrogen-bond acceptors (Lipinski definition) is 3. The van der Waals surface area contributed by atoms with Crippen LogP contribution >= 0.6 is 24.0 Å². The fourth-order valence-electron chi connectivity index (χ4n) is 4.17. The van der Waals surface area contributed by atoms with Crippen molar-refractivity contribution in [3.8, 4) is 0 Å². The molecule has 0 saturated carbocycles. The molecule has 3 rings (SSSR count). The van der Waals surface area contributed by atoms with E-state index < -0.39 is 0 Å². The van der Waals surface area contributed by atoms with Crippen LogP contribution in [0.5, 0.6) is 0 Å². The zero-order valence-corrected chi connectivity index (χ0v) is 16.3. The molecule has 0 amide bonds. The number of ether oxygens (including phenoxy) is 1. The molecule has 2 unspecified atom stereocenters. The van der Waals surface area contributed by atoms with Crippen molar-refractivity contribution in [2.75, 3.05) is 53.0 Å². The topological polar surface area (TPSA) is 40.1 Å². The van der Waals surface area contributed by atoms with Crippen LogP contribution in [0.3, 0.4) is 0 Å². The highest BCUT2D eigenvalue weighted by molar-refractivity contribution is 14.0. The minimum Gasteiger partial charge on any atom is -0.381 e. The fraction of sp³-hybridized carbons (Fsp3) is 0.938. The summed E-state index contributed by atoms with van der Waals surface area (Å²) in [6.45, 7) is 9.80. The van der Waals surface area contributed by atoms with Crippen molar-refractivity contribution in [2.24, 2.45) is 10.4 Å². The van der Waals surface area contributed by atoms with Crippen LogP contribution in [0.15, 0.2) is 4.99 Å². The monoisotopic (exact) mass is 422 g/mol. The van der Waals surface area contributed by atoms with Crippen LogP contribution in [0, 0.1) is 5.41 Å². The summed E-state index contributed by atoms with van der Waals surface area (Å²) in [5.74, 6) is 1.08. The second kappa shape index (κ2) is 8.15. The second-order valence-corrected chi connectivity index (χ2v) is 6.83. The van der Waals surface area contributed by atoms with Crippen LogP contribution in [0.25, 0.3) is 0 Å². The first-order valence-corrected chi connectivity index (χ1v) is 8.54. The lowest BCUT2D eigenvalue weighted by Gasteiger charge is -2.28. The van der Waals surface area contributed by atoms with Crippen molar-refractivity contribution in [2.45, 2.75) is 38.6 Å². The van der Waals surface area contributed by atoms with E-state index in [1.807, 2.05) is 7.05 Å². The first kappa shape index (κ1) is 18.3. The normalized spacial score (nSPS) is 32.7. The van der Waals surface area contributed by atoms with Crippen LogP contribution in [0.4, 0.5) is 0 Å². The van der Waals surface area contributed by atoms with Crippen LogP contribution in [-0.4, -0.2) is 74.8 Å². The Hall–Kier alpha value is -0.0800. The van der Waals surface area contributed by atoms with E-state index in [-0.39, 0.29) is 24.0 Å². The van der Waals surface area contributed by atoms with Gasteiger partial charge in [0.2, 0.25) is 0 Å². The number of likely N-dealkylation sites (N-methyl/N-ethyl adjacent to an activating group) is 1. The number of likely N-dealkylation sites (tertiary alicyclic amines) is 2. The molecule has 0 aromatic carbocycles. The Morgan fingerprint density at radius 2 is 2.23 bits per heavy atom. The van der Waals surface area contributed by atoms with Gasteiger partial charge in [-0.25, -0.2) is 0 Å². The van der Waals surface area contributed by atoms with Gasteiger partial charge in [-0.05, 0) is 38.8 Å². The molecular weight excluding hydrogens is 391 g/mol. The molecule has 0 radical (unpaired) electrons. The van der Waals surface area contributed by atoms with Crippen LogP contribution in [0.2, 0.25) is 0 Å². The Balaban J connectivity index is 0.00000176. The van der Waals surface area contributed by atoms with E-state index in [4.69, 9.17) is 4.74 Å². The van der Waals surface area contributed by atoms with Gasteiger partial charge in [-0.2, -0.15) is 0 Å². The standard InChI is InChI=1S/C16H30N4O.HI/c1-3-19-8-4-5-14(19)11-18-15(17-2)20-9-6-16(12-20)7-10-21-13-16;/h14H,3-13H2,1-2H3,(H,17,18);1H. The number of nitrogens with one attached hydrogen (secondary N) is 1. The minimum atomic E-state index is 0. The molecule has 1 N–H and O–H groups in total. The van der Waals surface area contributed by atoms with Gasteiger partial charge >= 0.3 is 0 Å². The molecule has 5 nitrogen and oxygen atoms in total. The van der Waals surface area contributed by atoms with Crippen LogP contribution in [0.1, 0.15) is 32.6 Å². The minimum absolute atomic E-state index is 0. The van der Waals surface area contributed by atoms with Crippen LogP contribution in [-0.2, 0) is 4.74 Å². The van der Waals surface area contributed by atoms with Crippen molar-refractivity contribution in [3.05, 3.63) is 0 Å². The third-order valence-corrected chi connectivity index (χ3v) is 5.54. The summed E-state index contributed by atoms with van der Waals surface area (Å²) in [6.07, 6.45) is 5.11. The Morgan fingerprint density at radius 3 is 2.91 bits per heavy atom. The Bertz CT molecular complexity index is 384. The molecule has 3 saturated heterocycles. The van der Waals surface area contributed by atoms with Crippen molar-refractivity contribution in [1.29, 1.82) is 0 Å². The number of aliphatic imine (C=N–C) groups is 1. The quantitative estimate of drug-likeness (QED) is 0.428. The molecule has 1 spiro atoms. The summed E-state index contributed by atoms with van der Waals surface area (Å²) in [5, 5.41) is 3.62. The predicted molar refractivity (Wildman–Crippen MR) is 101 cm³/mol. The molecule has 0 aromatic heterocycles. The van der Waals surface area contributed by atoms with Gasteiger partial charge in [0.15, 0.2) is 5.96 Å². The largest absolute Gasteiger partial charge is 0.381 e. The summed E-state index contributed by atoms with van der Waals surface area (Å²) >= 11 is 0. The first-order chi connectivity index (χ1) is 10.3. The molecular formula is C16H31IN4O. The number of guanidine groups is 1. The van der Waals surface area contributed by atoms with Gasteiger partial charge < -0.3 is 15.0 Å². The summed E-state index contributed by atoms with van der Waals surface area (Å²) in [7, 11) is 1.91. The van der Waals surface area contributed by atoms with Gasteiger partial charge in [0, 0.05) is 44.7 Å². The van der Waals surface area contributed by atoms with Gasteiger partial charge in [-0.15, -0.1) is 24.0 Å². The lowest BCUT2D eigenvalue weighted by atomic mass is 9.87. The summed E-state index contributed by atoms with van der Waals surface area (Å²) in [6, 6.07) is 0.679. The number of nitrogens with zero attached hydrogens (tertiary/aromatic N) is 3. The zero-order chi connectivity index (χ0) is 14.7. The molecule has 3 fully saturated rings. The second-order valence-electron chi connectivity index (χ2n) is 6.83. The van der Waals surface area contributed by atoms with E-state index in [0.29, 0.717) is 11.5 Å². The highest BCUT2D eigenvalue weighted by Crippen LogP contribution is 2.38. The van der Waals surface area contributed by atoms with E-state index in [9.17, 15) is 0 Å². The lowest BCUT2D eigenvalue weighted by molar-refractivity contribution is 0.156. The highest BCUT2D eigenvalue weighted by Gasteiger charge is 2.42. The molecule has 3 aliphatic rings. The molecule has 0 aromatic rings. The maximum absolute atomic E-state index is 5.62. The lowest BCUT2D eigenvalue weighted by Crippen LogP contribution is -2.46. The van der Waals surface area contributed by atoms with Gasteiger partial charge in [-0.3, -0.25) is 9.89 Å². The number of hydrogen-bond donors (Lipinski definition) is 1. The first-order valence-electron chi connectivity index (χ1n) is 8.54. The highest BCUT2D eigenvalue weighted by atomic mass is 127. The molecule has 0 aliphatic carbocycles. The zero-order valence-electron chi connectivity index (χ0n) is 14.0. The Labute approximate surface area is 151 Å². The van der Waals surface area contributed by atoms with Crippen molar-refractivity contribution in [1.82, 2.24) is 15.1 Å². The predicted octanol–water partition coefficient (Wildman–Crippen LogP) is 1.78. The maximum Gasteiger partial charge on any atom is 0.193 e. The van der Waals surface area contributed by atoms with Gasteiger partial charge in [0.25, 0.3) is 0 Å². The van der Waals surface area contributed by atoms with Crippen LogP contribution < -0.4 is 5.32 Å². The average molecular weight is 422 g/mol. The third kappa shape index (κ3) is 3.87. The van der Waals surface area contributed by atoms with E-state index in [1.54, 1.807) is 0 Å². The molecule has 6 heteroatoms. The van der Waals surface area contributed by atoms with E-state index >= 15 is 0 Å².